The number of carbonyl (C=O) groups excluding carboxylic acids is 2. The van der Waals surface area contributed by atoms with Crippen LogP contribution in [0.3, 0.4) is 0 Å². The van der Waals surface area contributed by atoms with Gasteiger partial charge < -0.3 is 10.2 Å². The average molecular weight is 454 g/mol. The van der Waals surface area contributed by atoms with Crippen molar-refractivity contribution in [1.82, 2.24) is 10.2 Å². The Morgan fingerprint density at radius 1 is 1.16 bits per heavy atom. The Morgan fingerprint density at radius 2 is 1.87 bits per heavy atom. The van der Waals surface area contributed by atoms with E-state index in [9.17, 15) is 31.2 Å². The van der Waals surface area contributed by atoms with E-state index in [0.29, 0.717) is 19.4 Å². The molecule has 2 aromatic carbocycles. The molecule has 2 amide bonds. The first-order valence-electron chi connectivity index (χ1n) is 9.51. The molecule has 166 valence electrons. The number of nitrogens with one attached hydrogen (secondary N) is 1. The summed E-state index contributed by atoms with van der Waals surface area (Å²) in [7, 11) is -3.55. The summed E-state index contributed by atoms with van der Waals surface area (Å²) in [5, 5.41) is 2.66. The quantitative estimate of drug-likeness (QED) is 0.727. The number of nitrogens with zero attached hydrogens (tertiary/aromatic N) is 1. The predicted octanol–water partition coefficient (Wildman–Crippen LogP) is 3.20. The Morgan fingerprint density at radius 3 is 2.48 bits per heavy atom. The van der Waals surface area contributed by atoms with E-state index in [1.165, 1.54) is 41.3 Å². The van der Waals surface area contributed by atoms with Crippen LogP contribution in [-0.2, 0) is 20.8 Å². The van der Waals surface area contributed by atoms with Crippen LogP contribution in [0.5, 0.6) is 0 Å². The fourth-order valence-corrected chi connectivity index (χ4v) is 4.06. The molecule has 0 saturated carbocycles. The second kappa shape index (κ2) is 8.70. The lowest BCUT2D eigenvalue weighted by Crippen LogP contribution is -2.38. The fourth-order valence-electron chi connectivity index (χ4n) is 3.39. The van der Waals surface area contributed by atoms with Gasteiger partial charge in [0.15, 0.2) is 9.84 Å². The van der Waals surface area contributed by atoms with Gasteiger partial charge in [0.1, 0.15) is 0 Å². The predicted molar refractivity (Wildman–Crippen MR) is 107 cm³/mol. The van der Waals surface area contributed by atoms with Crippen molar-refractivity contribution < 1.29 is 31.2 Å². The van der Waals surface area contributed by atoms with Gasteiger partial charge in [0, 0.05) is 31.3 Å². The Bertz CT molecular complexity index is 1100. The van der Waals surface area contributed by atoms with Crippen molar-refractivity contribution in [3.63, 3.8) is 0 Å². The van der Waals surface area contributed by atoms with E-state index >= 15 is 0 Å². The maximum Gasteiger partial charge on any atom is 0.416 e. The standard InChI is InChI=1S/C21H21F3N2O4S/c1-31(29,30)17-8-3-6-15(12-17)20(28)25-18(13-26-10-4-9-19(26)27)14-5-2-7-16(11-14)21(22,23)24/h2-3,5-8,11-12,18H,4,9-10,13H2,1H3,(H,25,28). The van der Waals surface area contributed by atoms with E-state index in [-0.39, 0.29) is 28.5 Å². The molecule has 1 aliphatic rings. The third kappa shape index (κ3) is 5.63. The molecular weight excluding hydrogens is 433 g/mol. The van der Waals surface area contributed by atoms with Gasteiger partial charge >= 0.3 is 6.18 Å². The number of hydrogen-bond acceptors (Lipinski definition) is 4. The van der Waals surface area contributed by atoms with Crippen LogP contribution in [0.15, 0.2) is 53.4 Å². The van der Waals surface area contributed by atoms with Crippen LogP contribution in [0.1, 0.15) is 40.4 Å². The first-order valence-corrected chi connectivity index (χ1v) is 11.4. The van der Waals surface area contributed by atoms with Crippen LogP contribution in [0.25, 0.3) is 0 Å². The number of amides is 2. The minimum Gasteiger partial charge on any atom is -0.343 e. The van der Waals surface area contributed by atoms with E-state index in [0.717, 1.165) is 18.4 Å². The summed E-state index contributed by atoms with van der Waals surface area (Å²) in [5.74, 6) is -0.787. The summed E-state index contributed by atoms with van der Waals surface area (Å²) in [6.07, 6.45) is -2.57. The number of alkyl halides is 3. The Labute approximate surface area is 178 Å². The molecule has 2 aromatic rings. The van der Waals surface area contributed by atoms with Crippen molar-refractivity contribution in [2.45, 2.75) is 30.0 Å². The molecule has 0 bridgehead atoms. The van der Waals surface area contributed by atoms with Crippen molar-refractivity contribution in [3.8, 4) is 0 Å². The molecule has 0 aromatic heterocycles. The maximum atomic E-state index is 13.2. The Hall–Kier alpha value is -2.88. The highest BCUT2D eigenvalue weighted by Crippen LogP contribution is 2.31. The molecule has 0 aliphatic carbocycles. The van der Waals surface area contributed by atoms with Crippen LogP contribution in [-0.4, -0.2) is 44.5 Å². The van der Waals surface area contributed by atoms with E-state index < -0.39 is 33.5 Å². The molecule has 1 unspecified atom stereocenters. The SMILES string of the molecule is CS(=O)(=O)c1cccc(C(=O)NC(CN2CCCC2=O)c2cccc(C(F)(F)F)c2)c1. The molecule has 0 radical (unpaired) electrons. The van der Waals surface area contributed by atoms with Gasteiger partial charge in [-0.25, -0.2) is 8.42 Å². The molecular formula is C21H21F3N2O4S. The van der Waals surface area contributed by atoms with E-state index in [1.807, 2.05) is 0 Å². The van der Waals surface area contributed by atoms with Crippen molar-refractivity contribution in [2.75, 3.05) is 19.3 Å². The zero-order valence-corrected chi connectivity index (χ0v) is 17.5. The zero-order chi connectivity index (χ0) is 22.8. The zero-order valence-electron chi connectivity index (χ0n) is 16.6. The summed E-state index contributed by atoms with van der Waals surface area (Å²) in [6.45, 7) is 0.464. The molecule has 1 N–H and O–H groups in total. The van der Waals surface area contributed by atoms with Crippen molar-refractivity contribution in [1.29, 1.82) is 0 Å². The van der Waals surface area contributed by atoms with Gasteiger partial charge in [-0.15, -0.1) is 0 Å². The molecule has 1 atom stereocenters. The topological polar surface area (TPSA) is 83.6 Å². The van der Waals surface area contributed by atoms with Gasteiger partial charge in [0.05, 0.1) is 16.5 Å². The molecule has 6 nitrogen and oxygen atoms in total. The van der Waals surface area contributed by atoms with Crippen LogP contribution in [0.2, 0.25) is 0 Å². The third-order valence-corrected chi connectivity index (χ3v) is 6.13. The molecule has 1 fully saturated rings. The van der Waals surface area contributed by atoms with E-state index in [4.69, 9.17) is 0 Å². The minimum atomic E-state index is -4.56. The van der Waals surface area contributed by atoms with Crippen LogP contribution in [0, 0.1) is 0 Å². The number of benzene rings is 2. The van der Waals surface area contributed by atoms with Crippen LogP contribution < -0.4 is 5.32 Å². The molecule has 1 heterocycles. The molecule has 10 heteroatoms. The van der Waals surface area contributed by atoms with Crippen molar-refractivity contribution in [3.05, 3.63) is 65.2 Å². The number of halogens is 3. The number of rotatable bonds is 6. The van der Waals surface area contributed by atoms with Crippen molar-refractivity contribution >= 4 is 21.7 Å². The van der Waals surface area contributed by atoms with E-state index in [1.54, 1.807) is 0 Å². The summed E-state index contributed by atoms with van der Waals surface area (Å²) in [6, 6.07) is 9.04. The van der Waals surface area contributed by atoms with Gasteiger partial charge in [-0.1, -0.05) is 18.2 Å². The first kappa shape index (κ1) is 22.8. The number of sulfone groups is 1. The average Bonchev–Trinajstić information content (AvgIpc) is 3.11. The lowest BCUT2D eigenvalue weighted by molar-refractivity contribution is -0.137. The Kier molecular flexibility index (Phi) is 6.40. The highest BCUT2D eigenvalue weighted by Gasteiger charge is 2.32. The molecule has 0 spiro atoms. The highest BCUT2D eigenvalue weighted by molar-refractivity contribution is 7.90. The minimum absolute atomic E-state index is 0.0116. The van der Waals surface area contributed by atoms with Gasteiger partial charge in [-0.3, -0.25) is 9.59 Å². The maximum absolute atomic E-state index is 13.2. The third-order valence-electron chi connectivity index (χ3n) is 5.02. The smallest absolute Gasteiger partial charge is 0.343 e. The van der Waals surface area contributed by atoms with Gasteiger partial charge in [-0.05, 0) is 42.3 Å². The Balaban J connectivity index is 1.92. The lowest BCUT2D eigenvalue weighted by atomic mass is 10.0. The summed E-state index contributed by atoms with van der Waals surface area (Å²) in [5.41, 5.74) is -0.620. The summed E-state index contributed by atoms with van der Waals surface area (Å²) < 4.78 is 63.1. The summed E-state index contributed by atoms with van der Waals surface area (Å²) in [4.78, 5) is 26.3. The van der Waals surface area contributed by atoms with Gasteiger partial charge in [-0.2, -0.15) is 13.2 Å². The van der Waals surface area contributed by atoms with Gasteiger partial charge in [0.25, 0.3) is 5.91 Å². The second-order valence-corrected chi connectivity index (χ2v) is 9.41. The normalized spacial score (nSPS) is 15.7. The van der Waals surface area contributed by atoms with Gasteiger partial charge in [0.2, 0.25) is 5.91 Å². The largest absolute Gasteiger partial charge is 0.416 e. The molecule has 3 rings (SSSR count). The number of carbonyl (C=O) groups is 2. The number of likely N-dealkylation sites (tertiary alicyclic amines) is 1. The summed E-state index contributed by atoms with van der Waals surface area (Å²) >= 11 is 0. The van der Waals surface area contributed by atoms with Crippen molar-refractivity contribution in [2.24, 2.45) is 0 Å². The fraction of sp³-hybridized carbons (Fsp3) is 0.333. The van der Waals surface area contributed by atoms with E-state index in [2.05, 4.69) is 5.32 Å². The first-order chi connectivity index (χ1) is 14.4. The lowest BCUT2D eigenvalue weighted by Gasteiger charge is -2.26. The van der Waals surface area contributed by atoms with Crippen LogP contribution in [0.4, 0.5) is 13.2 Å². The molecule has 1 saturated heterocycles. The monoisotopic (exact) mass is 454 g/mol. The molecule has 31 heavy (non-hydrogen) atoms. The highest BCUT2D eigenvalue weighted by atomic mass is 32.2. The van der Waals surface area contributed by atoms with Crippen LogP contribution >= 0.6 is 0 Å². The second-order valence-electron chi connectivity index (χ2n) is 7.39. The number of hydrogen-bond donors (Lipinski definition) is 1. The molecule has 1 aliphatic heterocycles.